The Balaban J connectivity index is 1.99. The van der Waals surface area contributed by atoms with E-state index in [1.165, 1.54) is 17.5 Å². The lowest BCUT2D eigenvalue weighted by Gasteiger charge is -2.17. The fourth-order valence-corrected chi connectivity index (χ4v) is 2.30. The van der Waals surface area contributed by atoms with Gasteiger partial charge in [0.25, 0.3) is 0 Å². The molecule has 2 heteroatoms. The molecule has 0 bridgehead atoms. The third-order valence-electron chi connectivity index (χ3n) is 3.82. The van der Waals surface area contributed by atoms with Gasteiger partial charge in [-0.1, -0.05) is 19.1 Å². The molecule has 0 spiro atoms. The highest BCUT2D eigenvalue weighted by Crippen LogP contribution is 2.37. The summed E-state index contributed by atoms with van der Waals surface area (Å²) >= 11 is 0. The van der Waals surface area contributed by atoms with Crippen molar-refractivity contribution in [3.63, 3.8) is 0 Å². The molecule has 2 nitrogen and oxygen atoms in total. The van der Waals surface area contributed by atoms with Crippen LogP contribution < -0.4 is 10.1 Å². The second-order valence-corrected chi connectivity index (χ2v) is 5.35. The van der Waals surface area contributed by atoms with E-state index in [1.807, 2.05) is 0 Å². The predicted molar refractivity (Wildman–Crippen MR) is 71.4 cm³/mol. The minimum Gasteiger partial charge on any atom is -0.496 e. The van der Waals surface area contributed by atoms with Crippen LogP contribution in [-0.4, -0.2) is 13.7 Å². The molecule has 2 rings (SSSR count). The van der Waals surface area contributed by atoms with Gasteiger partial charge in [0.15, 0.2) is 0 Å². The highest BCUT2D eigenvalue weighted by atomic mass is 16.5. The van der Waals surface area contributed by atoms with Gasteiger partial charge in [0, 0.05) is 11.6 Å². The maximum absolute atomic E-state index is 5.45. The Kier molecular flexibility index (Phi) is 3.72. The summed E-state index contributed by atoms with van der Waals surface area (Å²) in [7, 11) is 1.74. The minimum atomic E-state index is 0.360. The van der Waals surface area contributed by atoms with Crippen molar-refractivity contribution in [2.24, 2.45) is 11.8 Å². The minimum absolute atomic E-state index is 0.360. The average molecular weight is 233 g/mol. The van der Waals surface area contributed by atoms with Gasteiger partial charge in [0.2, 0.25) is 0 Å². The second kappa shape index (κ2) is 5.09. The lowest BCUT2D eigenvalue weighted by atomic mass is 10.0. The number of ether oxygens (including phenoxy) is 1. The zero-order chi connectivity index (χ0) is 12.4. The van der Waals surface area contributed by atoms with E-state index in [0.717, 1.165) is 24.1 Å². The van der Waals surface area contributed by atoms with Crippen LogP contribution in [0.3, 0.4) is 0 Å². The Hall–Kier alpha value is -1.02. The normalized spacial score (nSPS) is 24.5. The third-order valence-corrected chi connectivity index (χ3v) is 3.82. The topological polar surface area (TPSA) is 21.3 Å². The molecule has 0 aromatic heterocycles. The van der Waals surface area contributed by atoms with Crippen LogP contribution in [-0.2, 0) is 0 Å². The van der Waals surface area contributed by atoms with Crippen LogP contribution in [0.25, 0.3) is 0 Å². The Morgan fingerprint density at radius 3 is 2.76 bits per heavy atom. The van der Waals surface area contributed by atoms with Gasteiger partial charge in [-0.3, -0.25) is 0 Å². The van der Waals surface area contributed by atoms with Gasteiger partial charge in [0.05, 0.1) is 7.11 Å². The third kappa shape index (κ3) is 3.01. The van der Waals surface area contributed by atoms with Crippen LogP contribution >= 0.6 is 0 Å². The summed E-state index contributed by atoms with van der Waals surface area (Å²) in [5.74, 6) is 2.79. The summed E-state index contributed by atoms with van der Waals surface area (Å²) in [4.78, 5) is 0. The molecule has 3 atom stereocenters. The number of aryl methyl sites for hydroxylation is 1. The van der Waals surface area contributed by atoms with E-state index < -0.39 is 0 Å². The summed E-state index contributed by atoms with van der Waals surface area (Å²) in [6.45, 7) is 7.75. The molecule has 1 N–H and O–H groups in total. The molecule has 94 valence electrons. The molecule has 0 aliphatic heterocycles. The Labute approximate surface area is 104 Å². The summed E-state index contributed by atoms with van der Waals surface area (Å²) in [6.07, 6.45) is 1.38. The van der Waals surface area contributed by atoms with Crippen LogP contribution in [0.2, 0.25) is 0 Å². The lowest BCUT2D eigenvalue weighted by Crippen LogP contribution is -2.22. The molecule has 0 amide bonds. The van der Waals surface area contributed by atoms with Crippen molar-refractivity contribution >= 4 is 0 Å². The van der Waals surface area contributed by atoms with Gasteiger partial charge in [-0.15, -0.1) is 0 Å². The number of nitrogens with one attached hydrogen (secondary N) is 1. The van der Waals surface area contributed by atoms with E-state index in [9.17, 15) is 0 Å². The van der Waals surface area contributed by atoms with Crippen molar-refractivity contribution in [1.82, 2.24) is 5.32 Å². The number of methoxy groups -OCH3 is 1. The van der Waals surface area contributed by atoms with E-state index in [4.69, 9.17) is 4.74 Å². The Morgan fingerprint density at radius 2 is 2.18 bits per heavy atom. The predicted octanol–water partition coefficient (Wildman–Crippen LogP) is 3.31. The first-order valence-electron chi connectivity index (χ1n) is 6.49. The quantitative estimate of drug-likeness (QED) is 0.842. The monoisotopic (exact) mass is 233 g/mol. The van der Waals surface area contributed by atoms with E-state index in [1.54, 1.807) is 7.11 Å². The molecule has 0 saturated heterocycles. The van der Waals surface area contributed by atoms with Crippen molar-refractivity contribution in [2.45, 2.75) is 33.2 Å². The molecule has 1 aliphatic carbocycles. The van der Waals surface area contributed by atoms with Crippen LogP contribution in [0.4, 0.5) is 0 Å². The lowest BCUT2D eigenvalue weighted by molar-refractivity contribution is 0.400. The largest absolute Gasteiger partial charge is 0.496 e. The molecular formula is C15H23NO. The summed E-state index contributed by atoms with van der Waals surface area (Å²) in [5, 5.41) is 3.61. The fraction of sp³-hybridized carbons (Fsp3) is 0.600. The molecule has 0 radical (unpaired) electrons. The van der Waals surface area contributed by atoms with E-state index in [-0.39, 0.29) is 0 Å². The number of hydrogen-bond acceptors (Lipinski definition) is 2. The molecule has 1 aromatic rings. The molecule has 3 unspecified atom stereocenters. The fourth-order valence-electron chi connectivity index (χ4n) is 2.30. The van der Waals surface area contributed by atoms with Gasteiger partial charge in [-0.2, -0.15) is 0 Å². The maximum Gasteiger partial charge on any atom is 0.123 e. The molecule has 1 saturated carbocycles. The molecule has 1 aliphatic rings. The number of hydrogen-bond donors (Lipinski definition) is 1. The van der Waals surface area contributed by atoms with Crippen molar-refractivity contribution in [2.75, 3.05) is 13.7 Å². The number of rotatable bonds is 5. The van der Waals surface area contributed by atoms with Crippen LogP contribution in [0, 0.1) is 18.8 Å². The second-order valence-electron chi connectivity index (χ2n) is 5.35. The molecular weight excluding hydrogens is 210 g/mol. The zero-order valence-electron chi connectivity index (χ0n) is 11.3. The molecule has 1 aromatic carbocycles. The van der Waals surface area contributed by atoms with Crippen molar-refractivity contribution < 1.29 is 4.74 Å². The highest BCUT2D eigenvalue weighted by Gasteiger charge is 2.32. The first-order valence-corrected chi connectivity index (χ1v) is 6.49. The Bertz CT molecular complexity index is 389. The highest BCUT2D eigenvalue weighted by molar-refractivity contribution is 5.39. The van der Waals surface area contributed by atoms with Crippen LogP contribution in [0.1, 0.15) is 37.4 Å². The average Bonchev–Trinajstić information content (AvgIpc) is 3.02. The van der Waals surface area contributed by atoms with Gasteiger partial charge >= 0.3 is 0 Å². The van der Waals surface area contributed by atoms with Gasteiger partial charge < -0.3 is 10.1 Å². The van der Waals surface area contributed by atoms with Crippen molar-refractivity contribution in [3.05, 3.63) is 29.3 Å². The van der Waals surface area contributed by atoms with Crippen LogP contribution in [0.5, 0.6) is 5.75 Å². The SMILES string of the molecule is COc1cc(C)ccc1C(C)NCC1CC1C. The smallest absolute Gasteiger partial charge is 0.123 e. The summed E-state index contributed by atoms with van der Waals surface area (Å²) in [6, 6.07) is 6.78. The maximum atomic E-state index is 5.45. The summed E-state index contributed by atoms with van der Waals surface area (Å²) in [5.41, 5.74) is 2.50. The standard InChI is InChI=1S/C15H23NO/c1-10-5-6-14(15(7-10)17-4)12(3)16-9-13-8-11(13)2/h5-7,11-13,16H,8-9H2,1-4H3. The van der Waals surface area contributed by atoms with Gasteiger partial charge in [-0.05, 0) is 50.3 Å². The number of benzene rings is 1. The van der Waals surface area contributed by atoms with Gasteiger partial charge in [-0.25, -0.2) is 0 Å². The van der Waals surface area contributed by atoms with Crippen LogP contribution in [0.15, 0.2) is 18.2 Å². The first kappa shape index (κ1) is 12.4. The Morgan fingerprint density at radius 1 is 1.47 bits per heavy atom. The summed E-state index contributed by atoms with van der Waals surface area (Å²) < 4.78 is 5.45. The molecule has 17 heavy (non-hydrogen) atoms. The van der Waals surface area contributed by atoms with Crippen molar-refractivity contribution in [3.8, 4) is 5.75 Å². The zero-order valence-corrected chi connectivity index (χ0v) is 11.3. The van der Waals surface area contributed by atoms with Crippen molar-refractivity contribution in [1.29, 1.82) is 0 Å². The molecule has 1 fully saturated rings. The molecule has 0 heterocycles. The van der Waals surface area contributed by atoms with E-state index >= 15 is 0 Å². The van der Waals surface area contributed by atoms with E-state index in [0.29, 0.717) is 6.04 Å². The van der Waals surface area contributed by atoms with Gasteiger partial charge in [0.1, 0.15) is 5.75 Å². The first-order chi connectivity index (χ1) is 8.11. The van der Waals surface area contributed by atoms with E-state index in [2.05, 4.69) is 44.3 Å².